The summed E-state index contributed by atoms with van der Waals surface area (Å²) in [5.74, 6) is 1.21. The van der Waals surface area contributed by atoms with Gasteiger partial charge in [0.2, 0.25) is 0 Å². The van der Waals surface area contributed by atoms with E-state index >= 15 is 0 Å². The van der Waals surface area contributed by atoms with Crippen LogP contribution in [0.2, 0.25) is 0 Å². The third kappa shape index (κ3) is 4.12. The van der Waals surface area contributed by atoms with Gasteiger partial charge >= 0.3 is 0 Å². The minimum atomic E-state index is -0.276. The lowest BCUT2D eigenvalue weighted by Crippen LogP contribution is -2.30. The van der Waals surface area contributed by atoms with Crippen LogP contribution in [0.25, 0.3) is 0 Å². The number of methoxy groups -OCH3 is 2. The summed E-state index contributed by atoms with van der Waals surface area (Å²) in [4.78, 5) is 15.3. The molecule has 4 rings (SSSR count). The van der Waals surface area contributed by atoms with Gasteiger partial charge in [0.05, 0.1) is 20.3 Å². The van der Waals surface area contributed by atoms with Gasteiger partial charge in [-0.25, -0.2) is 0 Å². The highest BCUT2D eigenvalue weighted by Crippen LogP contribution is 2.39. The quantitative estimate of drug-likeness (QED) is 0.586. The van der Waals surface area contributed by atoms with Crippen LogP contribution in [0.4, 0.5) is 11.4 Å². The monoisotopic (exact) mass is 414 g/mol. The van der Waals surface area contributed by atoms with Crippen molar-refractivity contribution in [1.29, 1.82) is 0 Å². The summed E-state index contributed by atoms with van der Waals surface area (Å²) in [5, 5.41) is 3.31. The number of carbonyl (C=O) groups is 1. The molecule has 3 aromatic rings. The molecule has 3 aromatic carbocycles. The average molecular weight is 415 g/mol. The van der Waals surface area contributed by atoms with Crippen LogP contribution in [0.5, 0.6) is 11.5 Å². The molecule has 0 fully saturated rings. The van der Waals surface area contributed by atoms with Gasteiger partial charge in [-0.1, -0.05) is 30.3 Å². The Morgan fingerprint density at radius 2 is 1.55 bits per heavy atom. The molecule has 0 saturated carbocycles. The lowest BCUT2D eigenvalue weighted by Gasteiger charge is -2.26. The topological polar surface area (TPSA) is 50.8 Å². The Bertz CT molecular complexity index is 1150. The molecule has 1 aliphatic heterocycles. The predicted octanol–water partition coefficient (Wildman–Crippen LogP) is 5.40. The molecular formula is C26H26N2O3. The summed E-state index contributed by atoms with van der Waals surface area (Å²) in [6.07, 6.45) is 1.97. The van der Waals surface area contributed by atoms with E-state index in [0.29, 0.717) is 17.2 Å². The first-order valence-electron chi connectivity index (χ1n) is 10.2. The normalized spacial score (nSPS) is 15.6. The number of nitrogens with zero attached hydrogens (tertiary/aromatic N) is 1. The second-order valence-corrected chi connectivity index (χ2v) is 7.65. The fourth-order valence-corrected chi connectivity index (χ4v) is 3.87. The molecule has 0 aromatic heterocycles. The molecule has 1 atom stereocenters. The Morgan fingerprint density at radius 3 is 2.23 bits per heavy atom. The van der Waals surface area contributed by atoms with E-state index in [9.17, 15) is 4.79 Å². The van der Waals surface area contributed by atoms with Crippen LogP contribution in [0.15, 0.2) is 78.5 Å². The maximum absolute atomic E-state index is 13.5. The van der Waals surface area contributed by atoms with Gasteiger partial charge < -0.3 is 14.8 Å². The Morgan fingerprint density at radius 1 is 0.839 bits per heavy atom. The van der Waals surface area contributed by atoms with Gasteiger partial charge in [-0.2, -0.15) is 0 Å². The predicted molar refractivity (Wildman–Crippen MR) is 124 cm³/mol. The van der Waals surface area contributed by atoms with Crippen LogP contribution >= 0.6 is 0 Å². The molecule has 31 heavy (non-hydrogen) atoms. The zero-order chi connectivity index (χ0) is 22.0. The highest BCUT2D eigenvalue weighted by molar-refractivity contribution is 6.11. The third-order valence-corrected chi connectivity index (χ3v) is 5.38. The number of aryl methyl sites for hydroxylation is 2. The highest BCUT2D eigenvalue weighted by atomic mass is 16.5. The first-order chi connectivity index (χ1) is 15.0. The van der Waals surface area contributed by atoms with Crippen molar-refractivity contribution >= 4 is 17.3 Å². The number of anilines is 2. The van der Waals surface area contributed by atoms with E-state index in [1.165, 1.54) is 0 Å². The zero-order valence-electron chi connectivity index (χ0n) is 18.2. The molecule has 1 heterocycles. The highest BCUT2D eigenvalue weighted by Gasteiger charge is 2.35. The van der Waals surface area contributed by atoms with Crippen LogP contribution in [0.1, 0.15) is 22.7 Å². The number of hydrogen-bond acceptors (Lipinski definition) is 4. The molecule has 1 amide bonds. The van der Waals surface area contributed by atoms with Crippen LogP contribution in [-0.2, 0) is 4.79 Å². The molecule has 5 nitrogen and oxygen atoms in total. The van der Waals surface area contributed by atoms with Gasteiger partial charge in [0.1, 0.15) is 5.70 Å². The van der Waals surface area contributed by atoms with E-state index in [-0.39, 0.29) is 11.9 Å². The number of amides is 1. The van der Waals surface area contributed by atoms with Crippen molar-refractivity contribution in [2.45, 2.75) is 19.9 Å². The maximum atomic E-state index is 13.5. The Labute approximate surface area is 182 Å². The second kappa shape index (κ2) is 8.56. The Hall–Kier alpha value is -3.73. The summed E-state index contributed by atoms with van der Waals surface area (Å²) >= 11 is 0. The molecule has 5 heteroatoms. The van der Waals surface area contributed by atoms with Gasteiger partial charge in [-0.05, 0) is 73.0 Å². The van der Waals surface area contributed by atoms with Gasteiger partial charge in [0.25, 0.3) is 5.91 Å². The van der Waals surface area contributed by atoms with Crippen molar-refractivity contribution < 1.29 is 14.3 Å². The number of benzene rings is 3. The fraction of sp³-hybridized carbons (Fsp3) is 0.192. The van der Waals surface area contributed by atoms with Gasteiger partial charge in [0, 0.05) is 11.4 Å². The first-order valence-corrected chi connectivity index (χ1v) is 10.2. The molecule has 1 aliphatic rings. The lowest BCUT2D eigenvalue weighted by molar-refractivity contribution is -0.114. The van der Waals surface area contributed by atoms with Crippen molar-refractivity contribution in [3.63, 3.8) is 0 Å². The Balaban J connectivity index is 1.77. The van der Waals surface area contributed by atoms with E-state index in [4.69, 9.17) is 9.47 Å². The molecule has 0 bridgehead atoms. The van der Waals surface area contributed by atoms with Crippen molar-refractivity contribution in [2.24, 2.45) is 0 Å². The van der Waals surface area contributed by atoms with E-state index < -0.39 is 0 Å². The first kappa shape index (κ1) is 20.5. The van der Waals surface area contributed by atoms with Gasteiger partial charge in [-0.3, -0.25) is 9.69 Å². The number of rotatable bonds is 6. The molecule has 1 N–H and O–H groups in total. The summed E-state index contributed by atoms with van der Waals surface area (Å²) in [6, 6.07) is 21.4. The number of carbonyl (C=O) groups excluding carboxylic acids is 1. The lowest BCUT2D eigenvalue weighted by atomic mass is 10.0. The summed E-state index contributed by atoms with van der Waals surface area (Å²) < 4.78 is 10.9. The van der Waals surface area contributed by atoms with Crippen LogP contribution < -0.4 is 19.7 Å². The van der Waals surface area contributed by atoms with E-state index in [2.05, 4.69) is 5.32 Å². The van der Waals surface area contributed by atoms with Crippen molar-refractivity contribution in [3.05, 3.63) is 95.2 Å². The van der Waals surface area contributed by atoms with Gasteiger partial charge in [0.15, 0.2) is 11.5 Å². The molecule has 0 radical (unpaired) electrons. The zero-order valence-corrected chi connectivity index (χ0v) is 18.2. The van der Waals surface area contributed by atoms with Crippen molar-refractivity contribution in [3.8, 4) is 11.5 Å². The Kier molecular flexibility index (Phi) is 5.67. The largest absolute Gasteiger partial charge is 0.493 e. The van der Waals surface area contributed by atoms with Crippen LogP contribution in [0.3, 0.4) is 0 Å². The van der Waals surface area contributed by atoms with E-state index in [1.54, 1.807) is 14.2 Å². The molecule has 0 aliphatic carbocycles. The van der Waals surface area contributed by atoms with Crippen LogP contribution in [-0.4, -0.2) is 20.1 Å². The van der Waals surface area contributed by atoms with Gasteiger partial charge in [-0.15, -0.1) is 0 Å². The third-order valence-electron chi connectivity index (χ3n) is 5.38. The second-order valence-electron chi connectivity index (χ2n) is 7.65. The van der Waals surface area contributed by atoms with Crippen molar-refractivity contribution in [2.75, 3.05) is 24.4 Å². The van der Waals surface area contributed by atoms with Crippen molar-refractivity contribution in [1.82, 2.24) is 0 Å². The average Bonchev–Trinajstić information content (AvgIpc) is 3.09. The van der Waals surface area contributed by atoms with Crippen LogP contribution in [0, 0.1) is 13.8 Å². The molecular weight excluding hydrogens is 388 g/mol. The minimum Gasteiger partial charge on any atom is -0.493 e. The summed E-state index contributed by atoms with van der Waals surface area (Å²) in [6.45, 7) is 4.05. The summed E-state index contributed by atoms with van der Waals surface area (Å²) in [5.41, 5.74) is 5.44. The molecule has 158 valence electrons. The SMILES string of the molecule is COc1ccc([C@@H]2C=C(Nc3cccc(C)c3)C(=O)N2c2cccc(C)c2)cc1OC. The van der Waals surface area contributed by atoms with E-state index in [1.807, 2.05) is 91.6 Å². The smallest absolute Gasteiger partial charge is 0.275 e. The molecule has 0 spiro atoms. The summed E-state index contributed by atoms with van der Waals surface area (Å²) in [7, 11) is 3.22. The maximum Gasteiger partial charge on any atom is 0.275 e. The molecule has 0 saturated heterocycles. The fourth-order valence-electron chi connectivity index (χ4n) is 3.87. The minimum absolute atomic E-state index is 0.0770. The molecule has 0 unspecified atom stereocenters. The number of nitrogens with one attached hydrogen (secondary N) is 1. The standard InChI is InChI=1S/C26H26N2O3/c1-17-7-5-9-20(13-17)27-22-16-23(19-11-12-24(30-3)25(15-19)31-4)28(26(22)29)21-10-6-8-18(2)14-21/h5-16,23,27H,1-4H3/t23-/m0/s1. The number of ether oxygens (including phenoxy) is 2. The number of hydrogen-bond donors (Lipinski definition) is 1. The van der Waals surface area contributed by atoms with E-state index in [0.717, 1.165) is 28.1 Å².